The van der Waals surface area contributed by atoms with Gasteiger partial charge in [-0.05, 0) is 30.3 Å². The first-order valence-electron chi connectivity index (χ1n) is 16.5. The van der Waals surface area contributed by atoms with Gasteiger partial charge in [0.05, 0.1) is 12.4 Å². The van der Waals surface area contributed by atoms with E-state index in [1.165, 1.54) is 0 Å². The molecule has 0 amide bonds. The van der Waals surface area contributed by atoms with Gasteiger partial charge >= 0.3 is 0 Å². The molecule has 8 aromatic rings. The summed E-state index contributed by atoms with van der Waals surface area (Å²) in [4.78, 5) is 33.4. The fourth-order valence-corrected chi connectivity index (χ4v) is 4.27. The van der Waals surface area contributed by atoms with E-state index in [0.717, 1.165) is 56.9 Å². The number of pyridine rings is 4. The Morgan fingerprint density at radius 2 is 1.10 bits per heavy atom. The number of hydrogen-bond donors (Lipinski definition) is 0. The van der Waals surface area contributed by atoms with Crippen LogP contribution in [0, 0.1) is 0 Å². The highest BCUT2D eigenvalue weighted by Crippen LogP contribution is 2.26. The number of nitrogens with zero attached hydrogens (tertiary/aromatic N) is 8. The lowest BCUT2D eigenvalue weighted by atomic mass is 9.97. The molecule has 0 saturated carbocycles. The Morgan fingerprint density at radius 1 is 0.500 bits per heavy atom. The minimum absolute atomic E-state index is 0.0426. The second kappa shape index (κ2) is 14.9. The Balaban J connectivity index is 0.000000130. The second-order valence-electron chi connectivity index (χ2n) is 14.3. The summed E-state index contributed by atoms with van der Waals surface area (Å²) in [6, 6.07) is 11.2. The molecule has 0 aliphatic rings. The van der Waals surface area contributed by atoms with Crippen LogP contribution in [0.5, 0.6) is 0 Å². The summed E-state index contributed by atoms with van der Waals surface area (Å²) < 4.78 is 22.0. The zero-order chi connectivity index (χ0) is 36.1. The van der Waals surface area contributed by atoms with Crippen molar-refractivity contribution in [2.24, 2.45) is 0 Å². The zero-order valence-electron chi connectivity index (χ0n) is 30.3. The zero-order valence-corrected chi connectivity index (χ0v) is 30.3. The van der Waals surface area contributed by atoms with E-state index in [9.17, 15) is 0 Å². The lowest BCUT2D eigenvalue weighted by molar-refractivity contribution is 0.407. The Bertz CT molecular complexity index is 1990. The molecule has 0 spiro atoms. The van der Waals surface area contributed by atoms with E-state index < -0.39 is 0 Å². The Morgan fingerprint density at radius 3 is 1.74 bits per heavy atom. The van der Waals surface area contributed by atoms with Crippen molar-refractivity contribution in [3.8, 4) is 0 Å². The van der Waals surface area contributed by atoms with Gasteiger partial charge in [0.2, 0.25) is 17.5 Å². The highest BCUT2D eigenvalue weighted by Gasteiger charge is 2.21. The van der Waals surface area contributed by atoms with Crippen LogP contribution in [0.15, 0.2) is 91.2 Å². The van der Waals surface area contributed by atoms with Gasteiger partial charge in [0.1, 0.15) is 16.6 Å². The van der Waals surface area contributed by atoms with Gasteiger partial charge in [-0.15, -0.1) is 0 Å². The van der Waals surface area contributed by atoms with E-state index in [1.54, 1.807) is 37.2 Å². The fourth-order valence-electron chi connectivity index (χ4n) is 4.27. The summed E-state index contributed by atoms with van der Waals surface area (Å²) in [5, 5.41) is 0. The van der Waals surface area contributed by atoms with Crippen LogP contribution in [-0.4, -0.2) is 39.9 Å². The standard InChI is InChI=1S/2C10H12N2O.2C9H10N2O/c1-10(2,3)9-12-7-4-5-11-6-8(7)13-9;1-10(2,3)9-12-7-5-4-6-11-8(7)13-9;1-6(2)9-11-7-5-10-4-3-8(7)12-9;1-6(2)9-11-8-7(12-9)4-3-5-10-8/h2*4-6H,1-3H3;2*3-6H,1-2H3. The van der Waals surface area contributed by atoms with Gasteiger partial charge in [-0.1, -0.05) is 69.2 Å². The number of aromatic nitrogens is 8. The molecular formula is C38H44N8O4. The van der Waals surface area contributed by atoms with Crippen molar-refractivity contribution < 1.29 is 17.7 Å². The molecule has 8 heterocycles. The van der Waals surface area contributed by atoms with Crippen molar-refractivity contribution in [1.82, 2.24) is 39.9 Å². The summed E-state index contributed by atoms with van der Waals surface area (Å²) in [6.45, 7) is 20.6. The van der Waals surface area contributed by atoms with Crippen LogP contribution in [0.4, 0.5) is 0 Å². The van der Waals surface area contributed by atoms with E-state index in [2.05, 4.69) is 95.3 Å². The molecule has 12 heteroatoms. The molecule has 0 atom stereocenters. The molecule has 50 heavy (non-hydrogen) atoms. The lowest BCUT2D eigenvalue weighted by Gasteiger charge is -2.11. The largest absolute Gasteiger partial charge is 0.440 e. The third kappa shape index (κ3) is 8.93. The maximum atomic E-state index is 5.56. The molecule has 0 unspecified atom stereocenters. The normalized spacial score (nSPS) is 11.8. The molecule has 0 bridgehead atoms. The molecule has 12 nitrogen and oxygen atoms in total. The van der Waals surface area contributed by atoms with Gasteiger partial charge in [-0.2, -0.15) is 4.98 Å². The summed E-state index contributed by atoms with van der Waals surface area (Å²) in [5.74, 6) is 3.68. The van der Waals surface area contributed by atoms with Crippen LogP contribution < -0.4 is 0 Å². The number of fused-ring (bicyclic) bond motifs is 4. The average Bonchev–Trinajstić information content (AvgIpc) is 3.88. The maximum absolute atomic E-state index is 5.56. The molecule has 8 rings (SSSR count). The lowest BCUT2D eigenvalue weighted by Crippen LogP contribution is -2.10. The van der Waals surface area contributed by atoms with Gasteiger partial charge < -0.3 is 17.7 Å². The van der Waals surface area contributed by atoms with E-state index in [0.29, 0.717) is 23.2 Å². The van der Waals surface area contributed by atoms with E-state index in [-0.39, 0.29) is 10.8 Å². The first-order valence-corrected chi connectivity index (χ1v) is 16.5. The summed E-state index contributed by atoms with van der Waals surface area (Å²) in [6.07, 6.45) is 10.3. The molecule has 0 radical (unpaired) electrons. The number of hydrogen-bond acceptors (Lipinski definition) is 12. The minimum Gasteiger partial charge on any atom is -0.440 e. The van der Waals surface area contributed by atoms with Crippen LogP contribution in [0.25, 0.3) is 44.7 Å². The van der Waals surface area contributed by atoms with Crippen LogP contribution in [0.1, 0.15) is 105 Å². The van der Waals surface area contributed by atoms with E-state index >= 15 is 0 Å². The van der Waals surface area contributed by atoms with Crippen molar-refractivity contribution in [3.63, 3.8) is 0 Å². The van der Waals surface area contributed by atoms with Gasteiger partial charge in [0, 0.05) is 53.5 Å². The monoisotopic (exact) mass is 676 g/mol. The molecule has 0 aliphatic heterocycles. The Hall–Kier alpha value is -5.52. The minimum atomic E-state index is -0.0549. The summed E-state index contributed by atoms with van der Waals surface area (Å²) in [5.41, 5.74) is 6.09. The maximum Gasteiger partial charge on any atom is 0.246 e. The van der Waals surface area contributed by atoms with Crippen molar-refractivity contribution in [1.29, 1.82) is 0 Å². The molecule has 0 aliphatic carbocycles. The van der Waals surface area contributed by atoms with Crippen molar-refractivity contribution in [3.05, 3.63) is 97.1 Å². The molecule has 0 saturated heterocycles. The number of oxazole rings is 4. The van der Waals surface area contributed by atoms with Crippen LogP contribution >= 0.6 is 0 Å². The topological polar surface area (TPSA) is 156 Å². The highest BCUT2D eigenvalue weighted by atomic mass is 16.4. The van der Waals surface area contributed by atoms with Gasteiger partial charge in [-0.25, -0.2) is 24.9 Å². The molecule has 8 aromatic heterocycles. The summed E-state index contributed by atoms with van der Waals surface area (Å²) >= 11 is 0. The van der Waals surface area contributed by atoms with Gasteiger partial charge in [0.15, 0.2) is 34.2 Å². The quantitative estimate of drug-likeness (QED) is 0.171. The molecular weight excluding hydrogens is 632 g/mol. The van der Waals surface area contributed by atoms with Crippen molar-refractivity contribution >= 4 is 44.7 Å². The van der Waals surface area contributed by atoms with Crippen molar-refractivity contribution in [2.45, 2.75) is 91.9 Å². The predicted molar refractivity (Wildman–Crippen MR) is 193 cm³/mol. The SMILES string of the molecule is CC(C)(C)c1nc2cccnc2o1.CC(C)(C)c1nc2ccncc2o1.CC(C)c1nc2cnccc2o1.CC(C)c1nc2ncccc2o1. The first kappa shape index (κ1) is 35.8. The average molecular weight is 677 g/mol. The molecule has 0 N–H and O–H groups in total. The van der Waals surface area contributed by atoms with Gasteiger partial charge in [0.25, 0.3) is 0 Å². The Labute approximate surface area is 290 Å². The third-order valence-corrected chi connectivity index (χ3v) is 7.02. The highest BCUT2D eigenvalue weighted by molar-refractivity contribution is 5.71. The van der Waals surface area contributed by atoms with Crippen molar-refractivity contribution in [2.75, 3.05) is 0 Å². The van der Waals surface area contributed by atoms with E-state index in [1.807, 2.05) is 50.2 Å². The number of rotatable bonds is 2. The van der Waals surface area contributed by atoms with E-state index in [4.69, 9.17) is 17.7 Å². The smallest absolute Gasteiger partial charge is 0.246 e. The van der Waals surface area contributed by atoms with Crippen LogP contribution in [-0.2, 0) is 10.8 Å². The Kier molecular flexibility index (Phi) is 10.7. The first-order chi connectivity index (χ1) is 23.7. The predicted octanol–water partition coefficient (Wildman–Crippen LogP) is 9.73. The van der Waals surface area contributed by atoms with Crippen LogP contribution in [0.3, 0.4) is 0 Å². The summed E-state index contributed by atoms with van der Waals surface area (Å²) in [7, 11) is 0. The molecule has 260 valence electrons. The van der Waals surface area contributed by atoms with Crippen LogP contribution in [0.2, 0.25) is 0 Å². The van der Waals surface area contributed by atoms with Gasteiger partial charge in [-0.3, -0.25) is 9.97 Å². The second-order valence-corrected chi connectivity index (χ2v) is 14.3. The molecule has 0 aromatic carbocycles. The molecule has 0 fully saturated rings. The third-order valence-electron chi connectivity index (χ3n) is 7.02. The fraction of sp³-hybridized carbons (Fsp3) is 0.368.